The predicted molar refractivity (Wildman–Crippen MR) is 87.2 cm³/mol. The third-order valence-electron chi connectivity index (χ3n) is 5.62. The van der Waals surface area contributed by atoms with Crippen molar-refractivity contribution in [1.29, 1.82) is 0 Å². The van der Waals surface area contributed by atoms with Crippen LogP contribution in [0.2, 0.25) is 0 Å². The highest BCUT2D eigenvalue weighted by Gasteiger charge is 2.63. The van der Waals surface area contributed by atoms with Gasteiger partial charge >= 0.3 is 5.97 Å². The third-order valence-corrected chi connectivity index (χ3v) is 5.62. The molecule has 2 aliphatic rings. The van der Waals surface area contributed by atoms with E-state index in [1.165, 1.54) is 0 Å². The first-order valence-electron chi connectivity index (χ1n) is 8.05. The molecular weight excluding hydrogens is 277 g/mol. The van der Waals surface area contributed by atoms with E-state index in [0.717, 1.165) is 5.56 Å². The minimum Gasteiger partial charge on any atom is -0.461 e. The van der Waals surface area contributed by atoms with E-state index in [1.54, 1.807) is 0 Å². The monoisotopic (exact) mass is 301 g/mol. The van der Waals surface area contributed by atoms with Crippen molar-refractivity contribution < 1.29 is 14.3 Å². The molecule has 5 heteroatoms. The zero-order valence-electron chi connectivity index (χ0n) is 13.8. The summed E-state index contributed by atoms with van der Waals surface area (Å²) < 4.78 is 11.7. The molecule has 0 spiro atoms. The van der Waals surface area contributed by atoms with E-state index in [4.69, 9.17) is 9.47 Å². The van der Waals surface area contributed by atoms with Crippen LogP contribution in [0.15, 0.2) is 30.3 Å². The van der Waals surface area contributed by atoms with Crippen LogP contribution in [0.1, 0.15) is 25.8 Å². The van der Waals surface area contributed by atoms with Crippen molar-refractivity contribution in [2.45, 2.75) is 50.6 Å². The molecule has 1 unspecified atom stereocenters. The van der Waals surface area contributed by atoms with Gasteiger partial charge in [0.05, 0.1) is 12.0 Å². The van der Waals surface area contributed by atoms with Gasteiger partial charge in [-0.05, 0) is 19.5 Å². The van der Waals surface area contributed by atoms with Gasteiger partial charge in [-0.15, -0.1) is 0 Å². The molecule has 0 saturated carbocycles. The number of carbonyl (C=O) groups is 1. The summed E-state index contributed by atoms with van der Waals surface area (Å²) in [7, 11) is 4.22. The van der Waals surface area contributed by atoms with E-state index in [0.29, 0.717) is 25.0 Å². The molecule has 0 aromatic heterocycles. The zero-order chi connectivity index (χ0) is 15.9. The largest absolute Gasteiger partial charge is 0.461 e. The Kier molecular flexibility index (Phi) is 4.04. The molecule has 5 atom stereocenters. The number of hydrogen-bond acceptors (Lipinski definition) is 4. The van der Waals surface area contributed by atoms with Crippen LogP contribution in [-0.4, -0.2) is 49.5 Å². The number of esters is 1. The van der Waals surface area contributed by atoms with Crippen LogP contribution in [0.4, 0.5) is 0 Å². The Labute approximate surface area is 133 Å². The number of ether oxygens (including phenoxy) is 2. The molecular formula is C17H24BNO3. The average molecular weight is 301 g/mol. The van der Waals surface area contributed by atoms with E-state index in [2.05, 4.69) is 33.6 Å². The Morgan fingerprint density at radius 3 is 2.68 bits per heavy atom. The highest BCUT2D eigenvalue weighted by atomic mass is 16.5. The zero-order valence-corrected chi connectivity index (χ0v) is 13.8. The van der Waals surface area contributed by atoms with Crippen molar-refractivity contribution in [2.75, 3.05) is 7.05 Å². The molecule has 0 amide bonds. The molecule has 2 heterocycles. The fraction of sp³-hybridized carbons (Fsp3) is 0.588. The lowest BCUT2D eigenvalue weighted by atomic mass is 9.81. The Hall–Kier alpha value is -1.33. The number of hydrogen-bond donors (Lipinski definition) is 0. The molecule has 2 bridgehead atoms. The fourth-order valence-electron chi connectivity index (χ4n) is 4.35. The maximum absolute atomic E-state index is 12.3. The van der Waals surface area contributed by atoms with Gasteiger partial charge < -0.3 is 9.47 Å². The summed E-state index contributed by atoms with van der Waals surface area (Å²) in [6.07, 6.45) is 0.327. The van der Waals surface area contributed by atoms with Crippen molar-refractivity contribution >= 4 is 13.8 Å². The van der Waals surface area contributed by atoms with Gasteiger partial charge in [-0.3, -0.25) is 9.69 Å². The topological polar surface area (TPSA) is 38.8 Å². The number of carbonyl (C=O) groups excluding carboxylic acids is 1. The standard InChI is InChI=1S/C17H24BNO3/c1-11-15-16(18)22-17(11,12(2)19(15)3)9-14(20)21-10-13-7-5-4-6-8-13/h4-8,11-12,15-16H,9-10,18H2,1-3H3/t11?,12-,15+,16-,17-/m1/s1. The van der Waals surface area contributed by atoms with Crippen molar-refractivity contribution in [3.63, 3.8) is 0 Å². The Morgan fingerprint density at radius 1 is 1.36 bits per heavy atom. The van der Waals surface area contributed by atoms with E-state index < -0.39 is 5.60 Å². The fourth-order valence-corrected chi connectivity index (χ4v) is 4.35. The van der Waals surface area contributed by atoms with Gasteiger partial charge in [0.2, 0.25) is 0 Å². The van der Waals surface area contributed by atoms with Gasteiger partial charge in [-0.1, -0.05) is 37.3 Å². The molecule has 118 valence electrons. The van der Waals surface area contributed by atoms with Crippen LogP contribution < -0.4 is 0 Å². The van der Waals surface area contributed by atoms with Crippen LogP contribution in [-0.2, 0) is 20.9 Å². The van der Waals surface area contributed by atoms with Gasteiger partial charge in [0.1, 0.15) is 14.5 Å². The first-order valence-corrected chi connectivity index (χ1v) is 8.05. The molecule has 0 radical (unpaired) electrons. The minimum absolute atomic E-state index is 0.165. The number of fused-ring (bicyclic) bond motifs is 2. The highest BCUT2D eigenvalue weighted by Crippen LogP contribution is 2.50. The molecule has 3 rings (SSSR count). The molecule has 1 aromatic carbocycles. The highest BCUT2D eigenvalue weighted by molar-refractivity contribution is 6.12. The summed E-state index contributed by atoms with van der Waals surface area (Å²) in [6.45, 7) is 4.67. The van der Waals surface area contributed by atoms with Gasteiger partial charge in [0.15, 0.2) is 0 Å². The number of benzene rings is 1. The SMILES string of the molecule is B[C@@H]1O[C@]2(CC(=O)OCc3ccccc3)C(C)[C@@H]1N(C)[C@@H]2C. The summed E-state index contributed by atoms with van der Waals surface area (Å²) in [6, 6.07) is 10.6. The quantitative estimate of drug-likeness (QED) is 0.618. The van der Waals surface area contributed by atoms with E-state index in [1.807, 2.05) is 30.3 Å². The van der Waals surface area contributed by atoms with E-state index in [-0.39, 0.29) is 18.0 Å². The Balaban J connectivity index is 1.66. The lowest BCUT2D eigenvalue weighted by Crippen LogP contribution is -2.53. The van der Waals surface area contributed by atoms with Crippen molar-refractivity contribution in [3.8, 4) is 0 Å². The number of morpholine rings is 1. The van der Waals surface area contributed by atoms with Gasteiger partial charge in [0.25, 0.3) is 0 Å². The molecule has 2 fully saturated rings. The second-order valence-corrected chi connectivity index (χ2v) is 6.72. The third kappa shape index (κ3) is 2.36. The smallest absolute Gasteiger partial charge is 0.309 e. The summed E-state index contributed by atoms with van der Waals surface area (Å²) in [5, 5.41) is 0. The molecule has 2 saturated heterocycles. The second kappa shape index (κ2) is 5.71. The van der Waals surface area contributed by atoms with Gasteiger partial charge in [0, 0.05) is 24.0 Å². The molecule has 22 heavy (non-hydrogen) atoms. The summed E-state index contributed by atoms with van der Waals surface area (Å²) in [5.74, 6) is 0.164. The number of rotatable bonds is 4. The minimum atomic E-state index is -0.410. The summed E-state index contributed by atoms with van der Waals surface area (Å²) in [4.78, 5) is 14.7. The molecule has 0 N–H and O–H groups in total. The Morgan fingerprint density at radius 2 is 2.05 bits per heavy atom. The van der Waals surface area contributed by atoms with Crippen LogP contribution in [0.3, 0.4) is 0 Å². The normalized spacial score (nSPS) is 37.4. The van der Waals surface area contributed by atoms with Crippen LogP contribution in [0.25, 0.3) is 0 Å². The number of likely N-dealkylation sites (tertiary alicyclic amines) is 1. The molecule has 2 aliphatic heterocycles. The first-order chi connectivity index (χ1) is 10.5. The molecule has 1 aromatic rings. The van der Waals surface area contributed by atoms with Crippen LogP contribution in [0, 0.1) is 5.92 Å². The second-order valence-electron chi connectivity index (χ2n) is 6.72. The van der Waals surface area contributed by atoms with Crippen molar-refractivity contribution in [1.82, 2.24) is 4.90 Å². The first kappa shape index (κ1) is 15.6. The van der Waals surface area contributed by atoms with Crippen molar-refractivity contribution in [3.05, 3.63) is 35.9 Å². The van der Waals surface area contributed by atoms with Crippen molar-refractivity contribution in [2.24, 2.45) is 5.92 Å². The van der Waals surface area contributed by atoms with E-state index in [9.17, 15) is 4.79 Å². The maximum Gasteiger partial charge on any atom is 0.309 e. The van der Waals surface area contributed by atoms with E-state index >= 15 is 0 Å². The predicted octanol–water partition coefficient (Wildman–Crippen LogP) is 1.19. The average Bonchev–Trinajstić information content (AvgIpc) is 2.84. The lowest BCUT2D eigenvalue weighted by Gasteiger charge is -2.40. The van der Waals surface area contributed by atoms with Crippen LogP contribution >= 0.6 is 0 Å². The molecule has 4 nitrogen and oxygen atoms in total. The Bertz CT molecular complexity index is 552. The van der Waals surface area contributed by atoms with Gasteiger partial charge in [-0.25, -0.2) is 0 Å². The lowest BCUT2D eigenvalue weighted by molar-refractivity contribution is -0.158. The summed E-state index contributed by atoms with van der Waals surface area (Å²) >= 11 is 0. The maximum atomic E-state index is 12.3. The number of nitrogens with zero attached hydrogens (tertiary/aromatic N) is 1. The number of likely N-dealkylation sites (N-methyl/N-ethyl adjacent to an activating group) is 1. The molecule has 0 aliphatic carbocycles. The van der Waals surface area contributed by atoms with Gasteiger partial charge in [-0.2, -0.15) is 0 Å². The summed E-state index contributed by atoms with van der Waals surface area (Å²) in [5.41, 5.74) is 0.601. The van der Waals surface area contributed by atoms with Crippen LogP contribution in [0.5, 0.6) is 0 Å².